The van der Waals surface area contributed by atoms with Gasteiger partial charge in [-0.1, -0.05) is 12.1 Å². The van der Waals surface area contributed by atoms with Crippen molar-refractivity contribution in [2.24, 2.45) is 0 Å². The number of carboxylic acids is 2. The minimum Gasteiger partial charge on any atom is -0.512 e. The molecule has 0 aliphatic heterocycles. The van der Waals surface area contributed by atoms with Crippen LogP contribution in [0.1, 0.15) is 26.3 Å². The summed E-state index contributed by atoms with van der Waals surface area (Å²) in [5, 5.41) is 24.0. The maximum absolute atomic E-state index is 10.8. The quantitative estimate of drug-likeness (QED) is 0.199. The Kier molecular flexibility index (Phi) is 11.8. The fourth-order valence-corrected chi connectivity index (χ4v) is 3.37. The van der Waals surface area contributed by atoms with Crippen molar-refractivity contribution in [3.63, 3.8) is 0 Å². The van der Waals surface area contributed by atoms with Crippen molar-refractivity contribution in [1.82, 2.24) is 24.9 Å². The molecule has 0 aliphatic rings. The second-order valence-electron chi connectivity index (χ2n) is 7.81. The summed E-state index contributed by atoms with van der Waals surface area (Å²) in [5.41, 5.74) is 5.44. The maximum atomic E-state index is 10.8. The number of rotatable bonds is 5. The Morgan fingerprint density at radius 3 is 1.35 bits per heavy atom. The third-order valence-corrected chi connectivity index (χ3v) is 5.10. The number of nitrogens with zero attached hydrogens (tertiary/aromatic N) is 6. The Morgan fingerprint density at radius 2 is 1.00 bits per heavy atom. The van der Waals surface area contributed by atoms with E-state index in [2.05, 4.69) is 31.8 Å². The van der Waals surface area contributed by atoms with Crippen molar-refractivity contribution in [3.8, 4) is 34.2 Å². The van der Waals surface area contributed by atoms with Gasteiger partial charge in [0.05, 0.1) is 45.3 Å². The summed E-state index contributed by atoms with van der Waals surface area (Å²) in [5.74, 6) is -2.15. The summed E-state index contributed by atoms with van der Waals surface area (Å²) < 4.78 is 0. The Labute approximate surface area is 242 Å². The van der Waals surface area contributed by atoms with E-state index in [1.807, 2.05) is 48.5 Å². The van der Waals surface area contributed by atoms with Gasteiger partial charge in [-0.25, -0.2) is 14.6 Å². The number of aromatic carboxylic acids is 2. The molecule has 5 aromatic heterocycles. The van der Waals surface area contributed by atoms with Gasteiger partial charge in [-0.3, -0.25) is 19.9 Å². The maximum Gasteiger partial charge on any atom is 0.335 e. The first-order valence-electron chi connectivity index (χ1n) is 11.3. The molecule has 40 heavy (non-hydrogen) atoms. The Balaban J connectivity index is 0.000000258. The smallest absolute Gasteiger partial charge is 0.335 e. The second-order valence-corrected chi connectivity index (χ2v) is 7.81. The van der Waals surface area contributed by atoms with Crippen LogP contribution in [-0.2, 0) is 19.5 Å². The molecule has 5 aromatic rings. The number of pyridine rings is 5. The molecule has 0 aromatic carbocycles. The van der Waals surface area contributed by atoms with Crippen LogP contribution >= 0.6 is 0 Å². The topological polar surface area (TPSA) is 163 Å². The summed E-state index contributed by atoms with van der Waals surface area (Å²) in [6.07, 6.45) is 6.24. The summed E-state index contributed by atoms with van der Waals surface area (Å²) in [6, 6.07) is 21.1. The molecule has 0 atom stereocenters. The molecule has 0 saturated heterocycles. The van der Waals surface area contributed by atoms with Crippen LogP contribution in [0.15, 0.2) is 97.6 Å². The van der Waals surface area contributed by atoms with E-state index in [1.54, 1.807) is 12.4 Å². The number of hydrogen-bond acceptors (Lipinski definition) is 8. The first-order chi connectivity index (χ1) is 18.9. The molecular formula is C29H21N6O4Ru-. The normalized spacial score (nSPS) is 9.47. The Morgan fingerprint density at radius 1 is 0.600 bits per heavy atom. The average molecular weight is 619 g/mol. The SMILES string of the molecule is Cc1cc(-c2ccccn2)nc(-c2ccccn2)c1.O=C(O)c1ccnc(-c2cc(C(=O)O)ccn2)c1.[C-]#N.[Ru]. The van der Waals surface area contributed by atoms with E-state index in [0.29, 0.717) is 11.4 Å². The van der Waals surface area contributed by atoms with Crippen LogP contribution in [-0.4, -0.2) is 47.1 Å². The zero-order valence-corrected chi connectivity index (χ0v) is 22.7. The van der Waals surface area contributed by atoms with Crippen molar-refractivity contribution in [2.45, 2.75) is 6.92 Å². The molecule has 0 amide bonds. The van der Waals surface area contributed by atoms with Crippen LogP contribution < -0.4 is 0 Å². The minimum absolute atomic E-state index is 0. The van der Waals surface area contributed by atoms with Gasteiger partial charge in [0.2, 0.25) is 0 Å². The van der Waals surface area contributed by atoms with E-state index >= 15 is 0 Å². The molecule has 5 heterocycles. The molecule has 5 rings (SSSR count). The van der Waals surface area contributed by atoms with Gasteiger partial charge in [0.1, 0.15) is 0 Å². The fraction of sp³-hybridized carbons (Fsp3) is 0.0345. The van der Waals surface area contributed by atoms with E-state index in [0.717, 1.165) is 28.3 Å². The molecule has 0 radical (unpaired) electrons. The molecule has 200 valence electrons. The predicted octanol–water partition coefficient (Wildman–Crippen LogP) is 5.15. The average Bonchev–Trinajstić information content (AvgIpc) is 2.99. The second kappa shape index (κ2) is 15.3. The third-order valence-electron chi connectivity index (χ3n) is 5.10. The van der Waals surface area contributed by atoms with Crippen LogP contribution in [0.4, 0.5) is 0 Å². The van der Waals surface area contributed by atoms with Gasteiger partial charge in [0, 0.05) is 44.3 Å². The summed E-state index contributed by atoms with van der Waals surface area (Å²) in [6.45, 7) is 6.81. The molecule has 0 fully saturated rings. The minimum atomic E-state index is -1.08. The van der Waals surface area contributed by atoms with Crippen LogP contribution in [0.2, 0.25) is 0 Å². The molecule has 0 unspecified atom stereocenters. The standard InChI is InChI=1S/C16H13N3.C12H8N2O4.CN.Ru/c1-12-10-15(13-6-2-4-8-17-13)19-16(11-12)14-7-3-5-9-18-14;15-11(16)7-1-3-13-9(5-7)10-6-8(12(17)18)2-4-14-10;1-2;/h2-11H,1H3;1-6H,(H,15,16)(H,17,18);;/q;;-1;. The number of aromatic nitrogens is 5. The van der Waals surface area contributed by atoms with Gasteiger partial charge in [-0.15, -0.1) is 0 Å². The van der Waals surface area contributed by atoms with Gasteiger partial charge in [0.15, 0.2) is 0 Å². The molecule has 11 heteroatoms. The van der Waals surface area contributed by atoms with E-state index in [1.165, 1.54) is 36.7 Å². The summed E-state index contributed by atoms with van der Waals surface area (Å²) >= 11 is 0. The molecule has 0 aliphatic carbocycles. The van der Waals surface area contributed by atoms with Crippen molar-refractivity contribution in [1.29, 1.82) is 5.26 Å². The van der Waals surface area contributed by atoms with Crippen LogP contribution in [0.25, 0.3) is 34.2 Å². The van der Waals surface area contributed by atoms with Crippen LogP contribution in [0.3, 0.4) is 0 Å². The van der Waals surface area contributed by atoms with Gasteiger partial charge in [-0.05, 0) is 73.2 Å². The van der Waals surface area contributed by atoms with Crippen molar-refractivity contribution in [3.05, 3.63) is 121 Å². The monoisotopic (exact) mass is 619 g/mol. The Bertz CT molecular complexity index is 1490. The summed E-state index contributed by atoms with van der Waals surface area (Å²) in [4.78, 5) is 42.9. The van der Waals surface area contributed by atoms with Gasteiger partial charge < -0.3 is 22.0 Å². The van der Waals surface area contributed by atoms with Crippen molar-refractivity contribution >= 4 is 11.9 Å². The zero-order chi connectivity index (χ0) is 28.2. The third kappa shape index (κ3) is 8.41. The van der Waals surface area contributed by atoms with Crippen LogP contribution in [0, 0.1) is 18.8 Å². The largest absolute Gasteiger partial charge is 0.512 e. The van der Waals surface area contributed by atoms with Crippen molar-refractivity contribution < 1.29 is 39.3 Å². The van der Waals surface area contributed by atoms with E-state index in [4.69, 9.17) is 22.0 Å². The fourth-order valence-electron chi connectivity index (χ4n) is 3.37. The van der Waals surface area contributed by atoms with Crippen LogP contribution in [0.5, 0.6) is 0 Å². The van der Waals surface area contributed by atoms with Gasteiger partial charge >= 0.3 is 11.9 Å². The number of hydrogen-bond donors (Lipinski definition) is 2. The van der Waals surface area contributed by atoms with Crippen molar-refractivity contribution in [2.75, 3.05) is 0 Å². The first kappa shape index (κ1) is 31.0. The molecule has 0 spiro atoms. The molecule has 10 nitrogen and oxygen atoms in total. The molecule has 2 N–H and O–H groups in total. The number of carbonyl (C=O) groups is 2. The zero-order valence-electron chi connectivity index (χ0n) is 21.0. The summed E-state index contributed by atoms with van der Waals surface area (Å²) in [7, 11) is 0. The van der Waals surface area contributed by atoms with E-state index < -0.39 is 11.9 Å². The van der Waals surface area contributed by atoms with E-state index in [-0.39, 0.29) is 30.6 Å². The molecule has 0 saturated carbocycles. The first-order valence-corrected chi connectivity index (χ1v) is 11.3. The predicted molar refractivity (Wildman–Crippen MR) is 142 cm³/mol. The number of aryl methyl sites for hydroxylation is 1. The molecular weight excluding hydrogens is 597 g/mol. The number of carboxylic acid groups (broad SMARTS) is 2. The van der Waals surface area contributed by atoms with Gasteiger partial charge in [0.25, 0.3) is 0 Å². The Hall–Kier alpha value is -5.20. The van der Waals surface area contributed by atoms with Gasteiger partial charge in [-0.2, -0.15) is 0 Å². The van der Waals surface area contributed by atoms with E-state index in [9.17, 15) is 9.59 Å². The molecule has 0 bridgehead atoms.